The van der Waals surface area contributed by atoms with Gasteiger partial charge in [-0.05, 0) is 70.4 Å². The third-order valence-corrected chi connectivity index (χ3v) is 4.87. The van der Waals surface area contributed by atoms with Crippen molar-refractivity contribution >= 4 is 0 Å². The Kier molecular flexibility index (Phi) is 4.48. The van der Waals surface area contributed by atoms with Gasteiger partial charge in [0.05, 0.1) is 0 Å². The highest BCUT2D eigenvalue weighted by Gasteiger charge is 2.34. The van der Waals surface area contributed by atoms with Gasteiger partial charge in [-0.3, -0.25) is 0 Å². The van der Waals surface area contributed by atoms with E-state index in [0.717, 1.165) is 5.92 Å². The Labute approximate surface area is 107 Å². The van der Waals surface area contributed by atoms with E-state index in [2.05, 4.69) is 31.0 Å². The summed E-state index contributed by atoms with van der Waals surface area (Å²) in [6, 6.07) is 0.717. The summed E-state index contributed by atoms with van der Waals surface area (Å²) in [6.07, 6.45) is 7.05. The summed E-state index contributed by atoms with van der Waals surface area (Å²) < 4.78 is 0. The smallest absolute Gasteiger partial charge is 0.00416 e. The van der Waals surface area contributed by atoms with Crippen LogP contribution in [-0.2, 0) is 0 Å². The van der Waals surface area contributed by atoms with Crippen LogP contribution >= 0.6 is 0 Å². The zero-order chi connectivity index (χ0) is 12.3. The second kappa shape index (κ2) is 5.71. The number of hydrogen-bond donors (Lipinski definition) is 1. The largest absolute Gasteiger partial charge is 0.317 e. The normalized spacial score (nSPS) is 24.5. The van der Waals surface area contributed by atoms with Crippen LogP contribution in [0.1, 0.15) is 52.9 Å². The van der Waals surface area contributed by atoms with Crippen LogP contribution in [0.2, 0.25) is 0 Å². The lowest BCUT2D eigenvalue weighted by Crippen LogP contribution is -2.47. The van der Waals surface area contributed by atoms with E-state index < -0.39 is 0 Å². The van der Waals surface area contributed by atoms with Crippen LogP contribution in [0.3, 0.4) is 0 Å². The molecule has 0 atom stereocenters. The molecule has 1 saturated carbocycles. The summed E-state index contributed by atoms with van der Waals surface area (Å²) >= 11 is 0. The molecule has 2 rings (SSSR count). The van der Waals surface area contributed by atoms with Crippen LogP contribution in [0.25, 0.3) is 0 Å². The first-order valence-corrected chi connectivity index (χ1v) is 7.60. The van der Waals surface area contributed by atoms with Crippen molar-refractivity contribution in [2.75, 3.05) is 26.2 Å². The fraction of sp³-hybridized carbons (Fsp3) is 1.00. The van der Waals surface area contributed by atoms with Crippen molar-refractivity contribution in [1.82, 2.24) is 10.2 Å². The molecule has 2 aliphatic rings. The average molecular weight is 238 g/mol. The lowest BCUT2D eigenvalue weighted by atomic mass is 9.76. The second-order valence-electron chi connectivity index (χ2n) is 6.57. The van der Waals surface area contributed by atoms with Gasteiger partial charge in [-0.1, -0.05) is 6.92 Å². The highest BCUT2D eigenvalue weighted by atomic mass is 15.2. The summed E-state index contributed by atoms with van der Waals surface area (Å²) in [7, 11) is 0. The van der Waals surface area contributed by atoms with E-state index in [1.54, 1.807) is 0 Å². The highest BCUT2D eigenvalue weighted by molar-refractivity contribution is 4.89. The van der Waals surface area contributed by atoms with Crippen molar-refractivity contribution in [2.24, 2.45) is 11.3 Å². The molecule has 1 aliphatic heterocycles. The van der Waals surface area contributed by atoms with Crippen LogP contribution in [-0.4, -0.2) is 37.1 Å². The molecule has 1 saturated heterocycles. The Morgan fingerprint density at radius 3 is 2.35 bits per heavy atom. The van der Waals surface area contributed by atoms with Crippen molar-refractivity contribution in [3.8, 4) is 0 Å². The Bertz CT molecular complexity index is 227. The molecular weight excluding hydrogens is 208 g/mol. The first-order chi connectivity index (χ1) is 8.15. The first-order valence-electron chi connectivity index (χ1n) is 7.60. The molecule has 1 aliphatic carbocycles. The first kappa shape index (κ1) is 13.4. The van der Waals surface area contributed by atoms with Gasteiger partial charge in [0.2, 0.25) is 0 Å². The third-order valence-electron chi connectivity index (χ3n) is 4.87. The summed E-state index contributed by atoms with van der Waals surface area (Å²) in [5, 5.41) is 3.51. The van der Waals surface area contributed by atoms with Gasteiger partial charge in [0.25, 0.3) is 0 Å². The number of piperidine rings is 1. The molecule has 1 heterocycles. The van der Waals surface area contributed by atoms with Crippen molar-refractivity contribution in [2.45, 2.75) is 58.9 Å². The zero-order valence-corrected chi connectivity index (χ0v) is 12.0. The lowest BCUT2D eigenvalue weighted by molar-refractivity contribution is 0.0833. The fourth-order valence-corrected chi connectivity index (χ4v) is 3.10. The topological polar surface area (TPSA) is 15.3 Å². The molecule has 1 N–H and O–H groups in total. The van der Waals surface area contributed by atoms with Gasteiger partial charge in [0.15, 0.2) is 0 Å². The molecule has 100 valence electrons. The van der Waals surface area contributed by atoms with Crippen LogP contribution < -0.4 is 5.32 Å². The Hall–Kier alpha value is -0.0800. The van der Waals surface area contributed by atoms with Gasteiger partial charge in [0, 0.05) is 19.1 Å². The van der Waals surface area contributed by atoms with Gasteiger partial charge in [-0.15, -0.1) is 0 Å². The number of nitrogens with one attached hydrogen (secondary N) is 1. The zero-order valence-electron chi connectivity index (χ0n) is 12.0. The Balaban J connectivity index is 1.93. The Morgan fingerprint density at radius 1 is 1.24 bits per heavy atom. The van der Waals surface area contributed by atoms with Crippen LogP contribution in [0.4, 0.5) is 0 Å². The predicted molar refractivity (Wildman–Crippen MR) is 74.3 cm³/mol. The Morgan fingerprint density at radius 2 is 1.88 bits per heavy atom. The number of nitrogens with zero attached hydrogens (tertiary/aromatic N) is 1. The molecule has 0 aromatic carbocycles. The van der Waals surface area contributed by atoms with E-state index in [-0.39, 0.29) is 0 Å². The molecule has 0 unspecified atom stereocenters. The molecule has 2 fully saturated rings. The van der Waals surface area contributed by atoms with Gasteiger partial charge in [-0.25, -0.2) is 0 Å². The molecule has 2 heteroatoms. The van der Waals surface area contributed by atoms with E-state index in [9.17, 15) is 0 Å². The summed E-state index contributed by atoms with van der Waals surface area (Å²) in [5.74, 6) is 1.02. The molecule has 0 radical (unpaired) electrons. The van der Waals surface area contributed by atoms with E-state index in [4.69, 9.17) is 0 Å². The van der Waals surface area contributed by atoms with Crippen molar-refractivity contribution in [3.63, 3.8) is 0 Å². The van der Waals surface area contributed by atoms with Gasteiger partial charge in [-0.2, -0.15) is 0 Å². The lowest BCUT2D eigenvalue weighted by Gasteiger charge is -2.42. The van der Waals surface area contributed by atoms with Crippen LogP contribution in [0.15, 0.2) is 0 Å². The quantitative estimate of drug-likeness (QED) is 0.765. The van der Waals surface area contributed by atoms with Gasteiger partial charge < -0.3 is 10.2 Å². The van der Waals surface area contributed by atoms with Gasteiger partial charge in [0.1, 0.15) is 0 Å². The molecule has 17 heavy (non-hydrogen) atoms. The second-order valence-corrected chi connectivity index (χ2v) is 6.57. The van der Waals surface area contributed by atoms with E-state index in [0.29, 0.717) is 11.5 Å². The number of hydrogen-bond acceptors (Lipinski definition) is 2. The standard InChI is InChI=1S/C15H30N2/c1-4-15(7-9-16-10-8-15)12-17(13(2)3)11-14-5-6-14/h13-14,16H,4-12H2,1-3H3. The van der Waals surface area contributed by atoms with Gasteiger partial charge >= 0.3 is 0 Å². The molecule has 0 bridgehead atoms. The molecule has 2 nitrogen and oxygen atoms in total. The predicted octanol–water partition coefficient (Wildman–Crippen LogP) is 2.89. The summed E-state index contributed by atoms with van der Waals surface area (Å²) in [4.78, 5) is 2.76. The van der Waals surface area contributed by atoms with E-state index in [1.807, 2.05) is 0 Å². The van der Waals surface area contributed by atoms with Crippen molar-refractivity contribution in [1.29, 1.82) is 0 Å². The summed E-state index contributed by atoms with van der Waals surface area (Å²) in [5.41, 5.74) is 0.602. The minimum atomic E-state index is 0.602. The molecule has 0 aromatic heterocycles. The van der Waals surface area contributed by atoms with Crippen LogP contribution in [0, 0.1) is 11.3 Å². The maximum atomic E-state index is 3.51. The SMILES string of the molecule is CCC1(CN(CC2CC2)C(C)C)CCNCC1. The molecular formula is C15H30N2. The maximum absolute atomic E-state index is 3.51. The molecule has 0 aromatic rings. The minimum Gasteiger partial charge on any atom is -0.317 e. The van der Waals surface area contributed by atoms with E-state index >= 15 is 0 Å². The fourth-order valence-electron chi connectivity index (χ4n) is 3.10. The highest BCUT2D eigenvalue weighted by Crippen LogP contribution is 2.36. The third kappa shape index (κ3) is 3.69. The molecule has 0 amide bonds. The monoisotopic (exact) mass is 238 g/mol. The van der Waals surface area contributed by atoms with Crippen molar-refractivity contribution < 1.29 is 0 Å². The van der Waals surface area contributed by atoms with Crippen molar-refractivity contribution in [3.05, 3.63) is 0 Å². The molecule has 0 spiro atoms. The van der Waals surface area contributed by atoms with Crippen LogP contribution in [0.5, 0.6) is 0 Å². The number of rotatable bonds is 6. The maximum Gasteiger partial charge on any atom is 0.00416 e. The summed E-state index contributed by atoms with van der Waals surface area (Å²) in [6.45, 7) is 12.3. The van der Waals surface area contributed by atoms with E-state index in [1.165, 1.54) is 58.3 Å². The average Bonchev–Trinajstić information content (AvgIpc) is 3.13. The minimum absolute atomic E-state index is 0.602.